The minimum absolute atomic E-state index is 0.157. The fourth-order valence-electron chi connectivity index (χ4n) is 0.676. The highest BCUT2D eigenvalue weighted by Crippen LogP contribution is 2.42. The summed E-state index contributed by atoms with van der Waals surface area (Å²) < 4.78 is 76.7. The molecule has 0 unspecified atom stereocenters. The van der Waals surface area contributed by atoms with Gasteiger partial charge in [-0.05, 0) is 6.42 Å². The number of rotatable bonds is 7. The third-order valence-electron chi connectivity index (χ3n) is 1.62. The van der Waals surface area contributed by atoms with Crippen LogP contribution in [0.25, 0.3) is 0 Å². The summed E-state index contributed by atoms with van der Waals surface area (Å²) in [6.45, 7) is -0.126. The largest absolute Gasteiger partial charge is 0.384 e. The zero-order chi connectivity index (χ0) is 12.1. The summed E-state index contributed by atoms with van der Waals surface area (Å²) >= 11 is 0. The molecule has 0 saturated carbocycles. The summed E-state index contributed by atoms with van der Waals surface area (Å²) in [4.78, 5) is 0. The first kappa shape index (κ1) is 14.5. The molecule has 7 heteroatoms. The molecule has 0 fully saturated rings. The van der Waals surface area contributed by atoms with Gasteiger partial charge in [-0.1, -0.05) is 13.3 Å². The van der Waals surface area contributed by atoms with Crippen LogP contribution in [0.15, 0.2) is 0 Å². The molecule has 1 radical (unpaired) electrons. The van der Waals surface area contributed by atoms with Crippen LogP contribution >= 0.6 is 0 Å². The van der Waals surface area contributed by atoms with Gasteiger partial charge in [-0.15, -0.1) is 0 Å². The second-order valence-corrected chi connectivity index (χ2v) is 2.95. The van der Waals surface area contributed by atoms with Crippen LogP contribution in [-0.2, 0) is 4.74 Å². The fourth-order valence-corrected chi connectivity index (χ4v) is 0.676. The molecule has 0 atom stereocenters. The predicted octanol–water partition coefficient (Wildman–Crippen LogP) is 3.50. The molecular formula is C8H11F6O. The van der Waals surface area contributed by atoms with Crippen LogP contribution in [0.5, 0.6) is 0 Å². The first-order valence-corrected chi connectivity index (χ1v) is 4.27. The SMILES string of the molecule is CCCCOCC(F)(F)C(F)(F)[C](F)F. The lowest BCUT2D eigenvalue weighted by Gasteiger charge is -2.24. The minimum Gasteiger partial charge on any atom is -0.375 e. The van der Waals surface area contributed by atoms with Gasteiger partial charge in [0.25, 0.3) is 0 Å². The van der Waals surface area contributed by atoms with Gasteiger partial charge < -0.3 is 4.74 Å². The van der Waals surface area contributed by atoms with Gasteiger partial charge in [0.05, 0.1) is 0 Å². The van der Waals surface area contributed by atoms with Gasteiger partial charge in [0.1, 0.15) is 6.61 Å². The molecule has 1 nitrogen and oxygen atoms in total. The first-order valence-electron chi connectivity index (χ1n) is 4.27. The Morgan fingerprint density at radius 1 is 1.13 bits per heavy atom. The smallest absolute Gasteiger partial charge is 0.375 e. The average Bonchev–Trinajstić information content (AvgIpc) is 2.12. The third kappa shape index (κ3) is 3.89. The van der Waals surface area contributed by atoms with Crippen molar-refractivity contribution >= 4 is 0 Å². The van der Waals surface area contributed by atoms with Crippen molar-refractivity contribution in [3.8, 4) is 0 Å². The number of alkyl halides is 4. The second-order valence-electron chi connectivity index (χ2n) is 2.95. The van der Waals surface area contributed by atoms with Gasteiger partial charge in [0.2, 0.25) is 0 Å². The standard InChI is InChI=1S/C8H11F6O/c1-2-3-4-15-5-7(11,12)8(13,14)6(9)10/h2-5H2,1H3. The Labute approximate surface area is 83.4 Å². The molecule has 0 saturated heterocycles. The van der Waals surface area contributed by atoms with Crippen LogP contribution < -0.4 is 0 Å². The molecule has 91 valence electrons. The summed E-state index contributed by atoms with van der Waals surface area (Å²) in [6, 6.07) is 0. The van der Waals surface area contributed by atoms with E-state index < -0.39 is 24.9 Å². The van der Waals surface area contributed by atoms with E-state index >= 15 is 0 Å². The first-order chi connectivity index (χ1) is 6.75. The Morgan fingerprint density at radius 3 is 2.07 bits per heavy atom. The van der Waals surface area contributed by atoms with E-state index in [9.17, 15) is 26.3 Å². The van der Waals surface area contributed by atoms with Crippen LogP contribution in [0.1, 0.15) is 19.8 Å². The highest BCUT2D eigenvalue weighted by molar-refractivity contribution is 4.95. The van der Waals surface area contributed by atoms with Gasteiger partial charge in [0, 0.05) is 6.61 Å². The predicted molar refractivity (Wildman–Crippen MR) is 41.1 cm³/mol. The minimum atomic E-state index is -5.43. The maximum atomic E-state index is 12.5. The number of halogens is 6. The lowest BCUT2D eigenvalue weighted by atomic mass is 10.2. The van der Waals surface area contributed by atoms with Crippen LogP contribution in [0.2, 0.25) is 0 Å². The molecule has 0 aromatic carbocycles. The average molecular weight is 237 g/mol. The molecule has 0 amide bonds. The molecular weight excluding hydrogens is 226 g/mol. The van der Waals surface area contributed by atoms with E-state index in [1.54, 1.807) is 6.92 Å². The van der Waals surface area contributed by atoms with Gasteiger partial charge in [-0.25, -0.2) is 0 Å². The number of unbranched alkanes of at least 4 members (excludes halogenated alkanes) is 1. The van der Waals surface area contributed by atoms with Crippen molar-refractivity contribution in [1.29, 1.82) is 0 Å². The molecule has 0 aromatic rings. The molecule has 15 heavy (non-hydrogen) atoms. The monoisotopic (exact) mass is 237 g/mol. The van der Waals surface area contributed by atoms with E-state index in [-0.39, 0.29) is 6.61 Å². The molecule has 0 heterocycles. The highest BCUT2D eigenvalue weighted by atomic mass is 19.3. The van der Waals surface area contributed by atoms with Crippen molar-refractivity contribution in [1.82, 2.24) is 0 Å². The Balaban J connectivity index is 4.16. The quantitative estimate of drug-likeness (QED) is 0.486. The summed E-state index contributed by atoms with van der Waals surface area (Å²) in [5.41, 5.74) is 0. The summed E-state index contributed by atoms with van der Waals surface area (Å²) in [5.74, 6) is -10.3. The van der Waals surface area contributed by atoms with Gasteiger partial charge in [-0.3, -0.25) is 0 Å². The lowest BCUT2D eigenvalue weighted by Crippen LogP contribution is -2.46. The van der Waals surface area contributed by atoms with Crippen LogP contribution in [-0.4, -0.2) is 25.1 Å². The van der Waals surface area contributed by atoms with E-state index in [1.807, 2.05) is 0 Å². The Kier molecular flexibility index (Phi) is 5.41. The summed E-state index contributed by atoms with van der Waals surface area (Å²) in [5, 5.41) is 0. The third-order valence-corrected chi connectivity index (χ3v) is 1.62. The van der Waals surface area contributed by atoms with E-state index in [1.165, 1.54) is 0 Å². The van der Waals surface area contributed by atoms with Gasteiger partial charge >= 0.3 is 18.3 Å². The molecule has 0 bridgehead atoms. The second kappa shape index (κ2) is 5.58. The zero-order valence-electron chi connectivity index (χ0n) is 8.00. The molecule has 0 N–H and O–H groups in total. The molecule has 0 rings (SSSR count). The van der Waals surface area contributed by atoms with Crippen molar-refractivity contribution in [2.45, 2.75) is 31.6 Å². The molecule has 0 aliphatic carbocycles. The lowest BCUT2D eigenvalue weighted by molar-refractivity contribution is -0.247. The van der Waals surface area contributed by atoms with Gasteiger partial charge in [-0.2, -0.15) is 26.3 Å². The molecule has 0 aliphatic heterocycles. The Bertz CT molecular complexity index is 182. The molecule has 0 aliphatic rings. The van der Waals surface area contributed by atoms with Gasteiger partial charge in [0.15, 0.2) is 0 Å². The molecule has 0 spiro atoms. The van der Waals surface area contributed by atoms with Crippen molar-refractivity contribution < 1.29 is 31.1 Å². The van der Waals surface area contributed by atoms with E-state index in [0.29, 0.717) is 12.8 Å². The van der Waals surface area contributed by atoms with Crippen molar-refractivity contribution in [2.75, 3.05) is 13.2 Å². The maximum Gasteiger partial charge on any atom is 0.384 e. The number of hydrogen-bond donors (Lipinski definition) is 0. The van der Waals surface area contributed by atoms with Crippen molar-refractivity contribution in [3.05, 3.63) is 6.43 Å². The van der Waals surface area contributed by atoms with E-state index in [4.69, 9.17) is 0 Å². The summed E-state index contributed by atoms with van der Waals surface area (Å²) in [6.07, 6.45) is -2.57. The van der Waals surface area contributed by atoms with E-state index in [2.05, 4.69) is 4.74 Å². The zero-order valence-corrected chi connectivity index (χ0v) is 8.00. The van der Waals surface area contributed by atoms with Crippen LogP contribution in [0, 0.1) is 6.43 Å². The summed E-state index contributed by atoms with van der Waals surface area (Å²) in [7, 11) is 0. The Hall–Kier alpha value is -0.460. The molecule has 0 aromatic heterocycles. The fraction of sp³-hybridized carbons (Fsp3) is 0.875. The Morgan fingerprint density at radius 2 is 1.67 bits per heavy atom. The van der Waals surface area contributed by atoms with Crippen molar-refractivity contribution in [3.63, 3.8) is 0 Å². The van der Waals surface area contributed by atoms with Crippen LogP contribution in [0.4, 0.5) is 26.3 Å². The number of hydrogen-bond acceptors (Lipinski definition) is 1. The number of ether oxygens (including phenoxy) is 1. The van der Waals surface area contributed by atoms with E-state index in [0.717, 1.165) is 0 Å². The normalized spacial score (nSPS) is 13.6. The maximum absolute atomic E-state index is 12.5. The van der Waals surface area contributed by atoms with Crippen LogP contribution in [0.3, 0.4) is 0 Å². The topological polar surface area (TPSA) is 9.23 Å². The van der Waals surface area contributed by atoms with Crippen molar-refractivity contribution in [2.24, 2.45) is 0 Å². The highest BCUT2D eigenvalue weighted by Gasteiger charge is 2.64.